The van der Waals surface area contributed by atoms with Gasteiger partial charge in [-0.25, -0.2) is 4.79 Å². The third-order valence-electron chi connectivity index (χ3n) is 7.16. The SMILES string of the molecule is COCCOCc1ccc(-c2ccc(C(C)(C)NC(=O)OC3CCN4CCC3CC4)cc2)cc1. The number of fused-ring (bicyclic) bond motifs is 4. The van der Waals surface area contributed by atoms with Gasteiger partial charge in [0.2, 0.25) is 0 Å². The Bertz CT molecular complexity index is 918. The maximum atomic E-state index is 12.8. The van der Waals surface area contributed by atoms with Gasteiger partial charge in [-0.05, 0) is 74.4 Å². The van der Waals surface area contributed by atoms with E-state index in [0.29, 0.717) is 25.7 Å². The first-order chi connectivity index (χ1) is 16.4. The number of rotatable bonds is 9. The number of benzene rings is 2. The van der Waals surface area contributed by atoms with Gasteiger partial charge >= 0.3 is 6.09 Å². The van der Waals surface area contributed by atoms with Crippen molar-refractivity contribution in [3.8, 4) is 11.1 Å². The maximum absolute atomic E-state index is 12.8. The monoisotopic (exact) mass is 466 g/mol. The molecule has 1 amide bonds. The maximum Gasteiger partial charge on any atom is 0.408 e. The molecule has 34 heavy (non-hydrogen) atoms. The van der Waals surface area contributed by atoms with Crippen LogP contribution in [0.2, 0.25) is 0 Å². The summed E-state index contributed by atoms with van der Waals surface area (Å²) in [5.74, 6) is 0.496. The summed E-state index contributed by atoms with van der Waals surface area (Å²) in [6, 6.07) is 16.8. The topological polar surface area (TPSA) is 60.0 Å². The molecule has 1 atom stereocenters. The van der Waals surface area contributed by atoms with Gasteiger partial charge in [-0.15, -0.1) is 0 Å². The summed E-state index contributed by atoms with van der Waals surface area (Å²) in [6.45, 7) is 9.12. The molecule has 0 aliphatic carbocycles. The fourth-order valence-electron chi connectivity index (χ4n) is 4.95. The molecule has 184 valence electrons. The minimum Gasteiger partial charge on any atom is -0.446 e. The Kier molecular flexibility index (Phi) is 8.24. The Balaban J connectivity index is 1.32. The van der Waals surface area contributed by atoms with Crippen LogP contribution in [0, 0.1) is 5.92 Å². The van der Waals surface area contributed by atoms with Crippen LogP contribution in [0.4, 0.5) is 4.79 Å². The van der Waals surface area contributed by atoms with Crippen molar-refractivity contribution >= 4 is 6.09 Å². The molecular formula is C28H38N2O4. The van der Waals surface area contributed by atoms with Crippen LogP contribution >= 0.6 is 0 Å². The lowest BCUT2D eigenvalue weighted by Gasteiger charge is -2.31. The number of piperidine rings is 1. The van der Waals surface area contributed by atoms with E-state index in [2.05, 4.69) is 58.7 Å². The molecule has 3 saturated heterocycles. The van der Waals surface area contributed by atoms with Crippen LogP contribution in [0.5, 0.6) is 0 Å². The molecular weight excluding hydrogens is 428 g/mol. The predicted octanol–water partition coefficient (Wildman–Crippen LogP) is 4.96. The molecule has 1 unspecified atom stereocenters. The number of hydrogen-bond acceptors (Lipinski definition) is 5. The van der Waals surface area contributed by atoms with Crippen LogP contribution in [-0.4, -0.2) is 57.1 Å². The first kappa shape index (κ1) is 24.7. The Morgan fingerprint density at radius 3 is 2.21 bits per heavy atom. The van der Waals surface area contributed by atoms with Gasteiger partial charge in [0.1, 0.15) is 6.10 Å². The quantitative estimate of drug-likeness (QED) is 0.529. The van der Waals surface area contributed by atoms with Crippen LogP contribution in [0.25, 0.3) is 11.1 Å². The highest BCUT2D eigenvalue weighted by atomic mass is 16.6. The number of hydrogen-bond donors (Lipinski definition) is 1. The summed E-state index contributed by atoms with van der Waals surface area (Å²) in [4.78, 5) is 15.2. The van der Waals surface area contributed by atoms with Gasteiger partial charge in [0.05, 0.1) is 25.4 Å². The molecule has 2 bridgehead atoms. The lowest BCUT2D eigenvalue weighted by atomic mass is 9.92. The number of methoxy groups -OCH3 is 1. The highest BCUT2D eigenvalue weighted by molar-refractivity contribution is 5.69. The van der Waals surface area contributed by atoms with Gasteiger partial charge in [-0.1, -0.05) is 48.5 Å². The van der Waals surface area contributed by atoms with Gasteiger partial charge < -0.3 is 24.4 Å². The van der Waals surface area contributed by atoms with Crippen molar-refractivity contribution in [1.29, 1.82) is 0 Å². The Morgan fingerprint density at radius 1 is 0.941 bits per heavy atom. The standard InChI is InChI=1S/C28H38N2O4/c1-28(2,29-27(31)34-26-14-17-30-15-12-24(26)13-16-30)25-10-8-23(9-11-25)22-6-4-21(5-7-22)20-33-19-18-32-3/h4-11,24,26H,12-20H2,1-3H3,(H,29,31). The fraction of sp³-hybridized carbons (Fsp3) is 0.536. The summed E-state index contributed by atoms with van der Waals surface area (Å²) < 4.78 is 16.5. The molecule has 2 aromatic carbocycles. The zero-order valence-corrected chi connectivity index (χ0v) is 20.7. The number of amides is 1. The molecule has 0 spiro atoms. The van der Waals surface area contributed by atoms with Crippen LogP contribution in [-0.2, 0) is 26.4 Å². The molecule has 0 radical (unpaired) electrons. The van der Waals surface area contributed by atoms with Crippen molar-refractivity contribution in [3.05, 3.63) is 59.7 Å². The van der Waals surface area contributed by atoms with Crippen molar-refractivity contribution in [2.45, 2.75) is 51.4 Å². The highest BCUT2D eigenvalue weighted by Gasteiger charge is 2.34. The molecule has 1 N–H and O–H groups in total. The van der Waals surface area contributed by atoms with E-state index >= 15 is 0 Å². The molecule has 2 aromatic rings. The van der Waals surface area contributed by atoms with Gasteiger partial charge in [0.25, 0.3) is 0 Å². The minimum atomic E-state index is -0.522. The average molecular weight is 467 g/mol. The first-order valence-corrected chi connectivity index (χ1v) is 12.4. The summed E-state index contributed by atoms with van der Waals surface area (Å²) in [7, 11) is 1.67. The molecule has 5 rings (SSSR count). The summed E-state index contributed by atoms with van der Waals surface area (Å²) in [6.07, 6.45) is 2.90. The number of alkyl carbamates (subject to hydrolysis) is 1. The zero-order valence-electron chi connectivity index (χ0n) is 20.7. The molecule has 3 aliphatic rings. The van der Waals surface area contributed by atoms with E-state index in [4.69, 9.17) is 14.2 Å². The van der Waals surface area contributed by atoms with Crippen molar-refractivity contribution in [2.75, 3.05) is 40.0 Å². The molecule has 3 fully saturated rings. The number of nitrogens with zero attached hydrogens (tertiary/aromatic N) is 1. The third kappa shape index (κ3) is 6.38. The van der Waals surface area contributed by atoms with Gasteiger partial charge in [0, 0.05) is 13.7 Å². The fourth-order valence-corrected chi connectivity index (χ4v) is 4.95. The Labute approximate surface area is 203 Å². The lowest BCUT2D eigenvalue weighted by molar-refractivity contribution is 0.0514. The van der Waals surface area contributed by atoms with Crippen molar-refractivity contribution in [3.63, 3.8) is 0 Å². The Hall–Kier alpha value is -2.41. The highest BCUT2D eigenvalue weighted by Crippen LogP contribution is 2.30. The molecule has 3 aliphatic heterocycles. The van der Waals surface area contributed by atoms with Crippen LogP contribution < -0.4 is 5.32 Å². The minimum absolute atomic E-state index is 0.0269. The van der Waals surface area contributed by atoms with E-state index in [1.165, 1.54) is 0 Å². The van der Waals surface area contributed by atoms with Gasteiger partial charge in [-0.2, -0.15) is 0 Å². The number of nitrogens with one attached hydrogen (secondary N) is 1. The van der Waals surface area contributed by atoms with Crippen LogP contribution in [0.1, 0.15) is 44.2 Å². The van der Waals surface area contributed by atoms with E-state index in [-0.39, 0.29) is 12.2 Å². The van der Waals surface area contributed by atoms with Crippen molar-refractivity contribution < 1.29 is 19.0 Å². The second kappa shape index (κ2) is 11.3. The summed E-state index contributed by atoms with van der Waals surface area (Å²) >= 11 is 0. The lowest BCUT2D eigenvalue weighted by Crippen LogP contribution is -2.43. The second-order valence-electron chi connectivity index (χ2n) is 9.98. The molecule has 6 nitrogen and oxygen atoms in total. The normalized spacial score (nSPS) is 22.3. The van der Waals surface area contributed by atoms with Crippen LogP contribution in [0.3, 0.4) is 0 Å². The predicted molar refractivity (Wildman–Crippen MR) is 134 cm³/mol. The molecule has 0 aromatic heterocycles. The van der Waals surface area contributed by atoms with Gasteiger partial charge in [-0.3, -0.25) is 0 Å². The zero-order chi connectivity index (χ0) is 24.0. The van der Waals surface area contributed by atoms with E-state index in [9.17, 15) is 4.79 Å². The second-order valence-corrected chi connectivity index (χ2v) is 9.98. The molecule has 6 heteroatoms. The van der Waals surface area contributed by atoms with Crippen LogP contribution in [0.15, 0.2) is 48.5 Å². The van der Waals surface area contributed by atoms with E-state index < -0.39 is 5.54 Å². The molecule has 3 heterocycles. The van der Waals surface area contributed by atoms with E-state index in [1.54, 1.807) is 7.11 Å². The third-order valence-corrected chi connectivity index (χ3v) is 7.16. The molecule has 0 saturated carbocycles. The van der Waals surface area contributed by atoms with Crippen molar-refractivity contribution in [2.24, 2.45) is 5.92 Å². The Morgan fingerprint density at radius 2 is 1.56 bits per heavy atom. The summed E-state index contributed by atoms with van der Waals surface area (Å²) in [5, 5.41) is 3.10. The van der Waals surface area contributed by atoms with E-state index in [0.717, 1.165) is 61.2 Å². The van der Waals surface area contributed by atoms with E-state index in [1.807, 2.05) is 13.8 Å². The number of carbonyl (C=O) groups is 1. The number of carbonyl (C=O) groups excluding carboxylic acids is 1. The summed E-state index contributed by atoms with van der Waals surface area (Å²) in [5.41, 5.74) is 3.95. The number of ether oxygens (including phenoxy) is 3. The smallest absolute Gasteiger partial charge is 0.408 e. The largest absolute Gasteiger partial charge is 0.446 e. The van der Waals surface area contributed by atoms with Gasteiger partial charge in [0.15, 0.2) is 0 Å². The van der Waals surface area contributed by atoms with Crippen molar-refractivity contribution in [1.82, 2.24) is 10.2 Å². The first-order valence-electron chi connectivity index (χ1n) is 12.4. The average Bonchev–Trinajstić information content (AvgIpc) is 3.15.